The molecule has 0 unspecified atom stereocenters. The molecule has 2 N–H and O–H groups in total. The molecule has 0 atom stereocenters. The smallest absolute Gasteiger partial charge is 0.410 e. The number of aromatic nitrogens is 1. The number of para-hydroxylation sites is 1. The summed E-state index contributed by atoms with van der Waals surface area (Å²) < 4.78 is 5.37. The topological polar surface area (TPSA) is 91.5 Å². The number of carbonyl (C=O) groups is 2. The van der Waals surface area contributed by atoms with Crippen molar-refractivity contribution < 1.29 is 14.3 Å². The van der Waals surface area contributed by atoms with E-state index in [2.05, 4.69) is 10.3 Å². The van der Waals surface area contributed by atoms with Crippen LogP contribution in [0.5, 0.6) is 0 Å². The second-order valence-electron chi connectivity index (χ2n) is 7.81. The van der Waals surface area contributed by atoms with Gasteiger partial charge in [0.1, 0.15) is 11.2 Å². The van der Waals surface area contributed by atoms with E-state index in [0.717, 1.165) is 5.39 Å². The highest BCUT2D eigenvalue weighted by Gasteiger charge is 2.28. The van der Waals surface area contributed by atoms with Crippen molar-refractivity contribution in [2.24, 2.45) is 0 Å². The fourth-order valence-corrected chi connectivity index (χ4v) is 3.11. The standard InChI is InChI=1S/C20H25N3O4/c1-20(2,3)27-19(26)23-10-8-14(9-11-23)21-17(24)15-12-13-6-4-5-7-16(13)22-18(15)25/h4-7,12,14H,8-11H2,1-3H3,(H,21,24)(H,22,25). The van der Waals surface area contributed by atoms with Gasteiger partial charge in [-0.2, -0.15) is 0 Å². The molecule has 1 aliphatic heterocycles. The van der Waals surface area contributed by atoms with E-state index in [0.29, 0.717) is 31.4 Å². The Morgan fingerprint density at radius 2 is 1.85 bits per heavy atom. The Balaban J connectivity index is 1.61. The third-order valence-corrected chi connectivity index (χ3v) is 4.48. The number of benzene rings is 1. The van der Waals surface area contributed by atoms with Gasteiger partial charge in [0.15, 0.2) is 0 Å². The van der Waals surface area contributed by atoms with Gasteiger partial charge in [0.2, 0.25) is 0 Å². The molecule has 1 saturated heterocycles. The predicted molar refractivity (Wildman–Crippen MR) is 103 cm³/mol. The van der Waals surface area contributed by atoms with Crippen LogP contribution in [0.3, 0.4) is 0 Å². The van der Waals surface area contributed by atoms with Crippen LogP contribution in [0.25, 0.3) is 10.9 Å². The molecular formula is C20H25N3O4. The Labute approximate surface area is 157 Å². The Morgan fingerprint density at radius 1 is 1.19 bits per heavy atom. The van der Waals surface area contributed by atoms with Gasteiger partial charge in [-0.15, -0.1) is 0 Å². The summed E-state index contributed by atoms with van der Waals surface area (Å²) in [7, 11) is 0. The number of hydrogen-bond acceptors (Lipinski definition) is 4. The lowest BCUT2D eigenvalue weighted by atomic mass is 10.0. The number of piperidine rings is 1. The maximum atomic E-state index is 12.5. The number of likely N-dealkylation sites (tertiary alicyclic amines) is 1. The second kappa shape index (κ2) is 7.42. The minimum Gasteiger partial charge on any atom is -0.444 e. The van der Waals surface area contributed by atoms with Crippen molar-refractivity contribution >= 4 is 22.9 Å². The lowest BCUT2D eigenvalue weighted by Crippen LogP contribution is -2.48. The normalized spacial score (nSPS) is 15.6. The van der Waals surface area contributed by atoms with Gasteiger partial charge in [0, 0.05) is 24.6 Å². The van der Waals surface area contributed by atoms with Gasteiger partial charge in [-0.05, 0) is 51.1 Å². The first-order valence-corrected chi connectivity index (χ1v) is 9.14. The summed E-state index contributed by atoms with van der Waals surface area (Å²) in [6.07, 6.45) is 0.908. The number of aromatic amines is 1. The highest BCUT2D eigenvalue weighted by Crippen LogP contribution is 2.16. The lowest BCUT2D eigenvalue weighted by molar-refractivity contribution is 0.0199. The Kier molecular flexibility index (Phi) is 5.21. The molecule has 1 aliphatic rings. The summed E-state index contributed by atoms with van der Waals surface area (Å²) >= 11 is 0. The van der Waals surface area contributed by atoms with Crippen LogP contribution >= 0.6 is 0 Å². The zero-order valence-electron chi connectivity index (χ0n) is 15.9. The Bertz CT molecular complexity index is 905. The summed E-state index contributed by atoms with van der Waals surface area (Å²) in [5, 5.41) is 3.72. The number of rotatable bonds is 2. The number of fused-ring (bicyclic) bond motifs is 1. The van der Waals surface area contributed by atoms with Gasteiger partial charge in [0.05, 0.1) is 0 Å². The molecule has 2 heterocycles. The fourth-order valence-electron chi connectivity index (χ4n) is 3.11. The van der Waals surface area contributed by atoms with E-state index in [9.17, 15) is 14.4 Å². The third-order valence-electron chi connectivity index (χ3n) is 4.48. The minimum atomic E-state index is -0.529. The quantitative estimate of drug-likeness (QED) is 0.849. The van der Waals surface area contributed by atoms with Gasteiger partial charge in [-0.3, -0.25) is 9.59 Å². The minimum absolute atomic E-state index is 0.0814. The van der Waals surface area contributed by atoms with Crippen molar-refractivity contribution in [2.45, 2.75) is 45.3 Å². The highest BCUT2D eigenvalue weighted by atomic mass is 16.6. The van der Waals surface area contributed by atoms with E-state index in [-0.39, 0.29) is 17.7 Å². The van der Waals surface area contributed by atoms with Crippen molar-refractivity contribution in [2.75, 3.05) is 13.1 Å². The van der Waals surface area contributed by atoms with E-state index < -0.39 is 17.1 Å². The lowest BCUT2D eigenvalue weighted by Gasteiger charge is -2.33. The van der Waals surface area contributed by atoms with Crippen LogP contribution in [-0.2, 0) is 4.74 Å². The van der Waals surface area contributed by atoms with E-state index in [4.69, 9.17) is 4.74 Å². The number of nitrogens with zero attached hydrogens (tertiary/aromatic N) is 1. The molecule has 7 nitrogen and oxygen atoms in total. The van der Waals surface area contributed by atoms with Crippen LogP contribution < -0.4 is 10.9 Å². The predicted octanol–water partition coefficient (Wildman–Crippen LogP) is 2.66. The van der Waals surface area contributed by atoms with Crippen LogP contribution in [0, 0.1) is 0 Å². The van der Waals surface area contributed by atoms with Crippen LogP contribution in [0.4, 0.5) is 4.79 Å². The zero-order chi connectivity index (χ0) is 19.6. The summed E-state index contributed by atoms with van der Waals surface area (Å²) in [4.78, 5) is 41.2. The van der Waals surface area contributed by atoms with Crippen molar-refractivity contribution in [3.8, 4) is 0 Å². The molecule has 2 amide bonds. The maximum Gasteiger partial charge on any atom is 0.410 e. The summed E-state index contributed by atoms with van der Waals surface area (Å²) in [6.45, 7) is 6.51. The number of hydrogen-bond donors (Lipinski definition) is 2. The Morgan fingerprint density at radius 3 is 2.52 bits per heavy atom. The largest absolute Gasteiger partial charge is 0.444 e. The summed E-state index contributed by atoms with van der Waals surface area (Å²) in [5.74, 6) is -0.391. The van der Waals surface area contributed by atoms with E-state index in [1.165, 1.54) is 0 Å². The van der Waals surface area contributed by atoms with E-state index >= 15 is 0 Å². The molecule has 1 fully saturated rings. The van der Waals surface area contributed by atoms with E-state index in [1.54, 1.807) is 17.0 Å². The zero-order valence-corrected chi connectivity index (χ0v) is 15.9. The van der Waals surface area contributed by atoms with Crippen molar-refractivity contribution in [1.82, 2.24) is 15.2 Å². The van der Waals surface area contributed by atoms with Crippen molar-refractivity contribution in [1.29, 1.82) is 0 Å². The molecule has 144 valence electrons. The molecule has 7 heteroatoms. The van der Waals surface area contributed by atoms with Gasteiger partial charge in [-0.1, -0.05) is 18.2 Å². The average Bonchev–Trinajstić information content (AvgIpc) is 2.60. The number of pyridine rings is 1. The molecule has 2 aromatic rings. The first-order valence-electron chi connectivity index (χ1n) is 9.14. The first-order chi connectivity index (χ1) is 12.7. The number of carbonyl (C=O) groups excluding carboxylic acids is 2. The van der Waals surface area contributed by atoms with Crippen LogP contribution in [0.2, 0.25) is 0 Å². The number of nitrogens with one attached hydrogen (secondary N) is 2. The monoisotopic (exact) mass is 371 g/mol. The van der Waals surface area contributed by atoms with Gasteiger partial charge in [-0.25, -0.2) is 4.79 Å². The second-order valence-corrected chi connectivity index (χ2v) is 7.81. The highest BCUT2D eigenvalue weighted by molar-refractivity contribution is 5.97. The van der Waals surface area contributed by atoms with Gasteiger partial charge >= 0.3 is 6.09 Å². The molecule has 1 aromatic carbocycles. The molecule has 3 rings (SSSR count). The summed E-state index contributed by atoms with van der Waals surface area (Å²) in [5.41, 5.74) is -0.135. The van der Waals surface area contributed by atoms with Gasteiger partial charge < -0.3 is 19.9 Å². The molecule has 0 saturated carbocycles. The van der Waals surface area contributed by atoms with E-state index in [1.807, 2.05) is 39.0 Å². The summed E-state index contributed by atoms with van der Waals surface area (Å²) in [6, 6.07) is 8.86. The molecule has 0 aliphatic carbocycles. The van der Waals surface area contributed by atoms with Crippen LogP contribution in [0.15, 0.2) is 35.1 Å². The SMILES string of the molecule is CC(C)(C)OC(=O)N1CCC(NC(=O)c2cc3ccccc3[nH]c2=O)CC1. The van der Waals surface area contributed by atoms with Gasteiger partial charge in [0.25, 0.3) is 11.5 Å². The molecule has 0 spiro atoms. The Hall–Kier alpha value is -2.83. The van der Waals surface area contributed by atoms with Crippen molar-refractivity contribution in [3.05, 3.63) is 46.2 Å². The van der Waals surface area contributed by atoms with Crippen LogP contribution in [-0.4, -0.2) is 46.6 Å². The first kappa shape index (κ1) is 18.9. The molecule has 27 heavy (non-hydrogen) atoms. The maximum absolute atomic E-state index is 12.5. The average molecular weight is 371 g/mol. The third kappa shape index (κ3) is 4.67. The fraction of sp³-hybridized carbons (Fsp3) is 0.450. The molecular weight excluding hydrogens is 346 g/mol. The number of ether oxygens (including phenoxy) is 1. The van der Waals surface area contributed by atoms with Crippen molar-refractivity contribution in [3.63, 3.8) is 0 Å². The van der Waals surface area contributed by atoms with Crippen LogP contribution in [0.1, 0.15) is 44.0 Å². The molecule has 0 bridgehead atoms. The molecule has 1 aromatic heterocycles. The molecule has 0 radical (unpaired) electrons. The number of H-pyrrole nitrogens is 1. The number of amides is 2.